The average molecular weight is 287 g/mol. The third kappa shape index (κ3) is 4.62. The van der Waals surface area contributed by atoms with Crippen molar-refractivity contribution >= 4 is 11.8 Å². The number of hydrogen-bond acceptors (Lipinski definition) is 4. The first-order valence-corrected chi connectivity index (χ1v) is 8.71. The highest BCUT2D eigenvalue weighted by Crippen LogP contribution is 2.40. The van der Waals surface area contributed by atoms with Gasteiger partial charge < -0.3 is 15.2 Å². The SMILES string of the molecule is CC(C)(C)NCC(O)C1CCOC2(CCSCC2)C1. The topological polar surface area (TPSA) is 41.5 Å². The van der Waals surface area contributed by atoms with Gasteiger partial charge in [-0.25, -0.2) is 0 Å². The lowest BCUT2D eigenvalue weighted by Gasteiger charge is -2.44. The fourth-order valence-electron chi connectivity index (χ4n) is 3.06. The highest BCUT2D eigenvalue weighted by atomic mass is 32.2. The zero-order valence-electron chi connectivity index (χ0n) is 12.6. The number of hydrogen-bond donors (Lipinski definition) is 2. The van der Waals surface area contributed by atoms with Gasteiger partial charge in [0.1, 0.15) is 0 Å². The van der Waals surface area contributed by atoms with E-state index in [1.807, 2.05) is 11.8 Å². The van der Waals surface area contributed by atoms with Crippen molar-refractivity contribution in [3.05, 3.63) is 0 Å². The Morgan fingerprint density at radius 3 is 2.68 bits per heavy atom. The first kappa shape index (κ1) is 15.6. The maximum atomic E-state index is 10.4. The van der Waals surface area contributed by atoms with Crippen molar-refractivity contribution in [1.82, 2.24) is 5.32 Å². The Hall–Kier alpha value is 0.230. The summed E-state index contributed by atoms with van der Waals surface area (Å²) in [4.78, 5) is 0. The van der Waals surface area contributed by atoms with Crippen LogP contribution in [0.2, 0.25) is 0 Å². The van der Waals surface area contributed by atoms with E-state index in [0.717, 1.165) is 32.3 Å². The number of aliphatic hydroxyl groups is 1. The van der Waals surface area contributed by atoms with Gasteiger partial charge in [0.05, 0.1) is 11.7 Å². The lowest BCUT2D eigenvalue weighted by molar-refractivity contribution is -0.120. The van der Waals surface area contributed by atoms with Crippen LogP contribution in [0, 0.1) is 5.92 Å². The minimum atomic E-state index is -0.241. The summed E-state index contributed by atoms with van der Waals surface area (Å²) < 4.78 is 6.09. The molecule has 2 aliphatic rings. The quantitative estimate of drug-likeness (QED) is 0.836. The molecule has 2 atom stereocenters. The number of rotatable bonds is 3. The molecule has 2 N–H and O–H groups in total. The molecular weight excluding hydrogens is 258 g/mol. The molecule has 3 nitrogen and oxygen atoms in total. The van der Waals surface area contributed by atoms with Gasteiger partial charge >= 0.3 is 0 Å². The summed E-state index contributed by atoms with van der Waals surface area (Å²) in [7, 11) is 0. The minimum Gasteiger partial charge on any atom is -0.392 e. The average Bonchev–Trinajstić information content (AvgIpc) is 2.36. The molecule has 0 aromatic rings. The second-order valence-corrected chi connectivity index (χ2v) is 8.32. The van der Waals surface area contributed by atoms with Crippen molar-refractivity contribution in [2.75, 3.05) is 24.7 Å². The van der Waals surface area contributed by atoms with Crippen LogP contribution >= 0.6 is 11.8 Å². The van der Waals surface area contributed by atoms with Gasteiger partial charge in [0, 0.05) is 18.7 Å². The fraction of sp³-hybridized carbons (Fsp3) is 1.00. The molecule has 2 saturated heterocycles. The molecule has 0 aliphatic carbocycles. The molecule has 2 unspecified atom stereocenters. The summed E-state index contributed by atoms with van der Waals surface area (Å²) in [6.07, 6.45) is 4.12. The lowest BCUT2D eigenvalue weighted by atomic mass is 9.79. The largest absolute Gasteiger partial charge is 0.392 e. The number of nitrogens with one attached hydrogen (secondary N) is 1. The number of thioether (sulfide) groups is 1. The molecule has 1 spiro atoms. The Labute approximate surface area is 121 Å². The smallest absolute Gasteiger partial charge is 0.0701 e. The van der Waals surface area contributed by atoms with Crippen LogP contribution in [0.25, 0.3) is 0 Å². The van der Waals surface area contributed by atoms with Gasteiger partial charge in [-0.2, -0.15) is 11.8 Å². The number of aliphatic hydroxyl groups excluding tert-OH is 1. The summed E-state index contributed by atoms with van der Waals surface area (Å²) in [6, 6.07) is 0. The molecule has 0 saturated carbocycles. The molecule has 2 rings (SSSR count). The summed E-state index contributed by atoms with van der Waals surface area (Å²) in [5.41, 5.74) is 0.155. The first-order chi connectivity index (χ1) is 8.90. The first-order valence-electron chi connectivity index (χ1n) is 7.55. The molecule has 0 amide bonds. The van der Waals surface area contributed by atoms with Gasteiger partial charge in [-0.05, 0) is 63.9 Å². The van der Waals surface area contributed by atoms with Gasteiger partial charge in [0.25, 0.3) is 0 Å². The van der Waals surface area contributed by atoms with E-state index in [-0.39, 0.29) is 17.2 Å². The predicted octanol–water partition coefficient (Wildman–Crippen LogP) is 2.43. The molecule has 4 heteroatoms. The van der Waals surface area contributed by atoms with Gasteiger partial charge in [0.2, 0.25) is 0 Å². The van der Waals surface area contributed by atoms with Crippen LogP contribution < -0.4 is 5.32 Å². The van der Waals surface area contributed by atoms with Crippen molar-refractivity contribution in [3.63, 3.8) is 0 Å². The summed E-state index contributed by atoms with van der Waals surface area (Å²) in [6.45, 7) is 7.94. The molecule has 2 aliphatic heterocycles. The number of ether oxygens (including phenoxy) is 1. The lowest BCUT2D eigenvalue weighted by Crippen LogP contribution is -2.49. The van der Waals surface area contributed by atoms with Crippen LogP contribution in [0.3, 0.4) is 0 Å². The summed E-state index contributed by atoms with van der Waals surface area (Å²) >= 11 is 2.03. The second-order valence-electron chi connectivity index (χ2n) is 7.09. The molecule has 0 bridgehead atoms. The van der Waals surface area contributed by atoms with E-state index in [0.29, 0.717) is 12.5 Å². The fourth-order valence-corrected chi connectivity index (χ4v) is 4.30. The van der Waals surface area contributed by atoms with Crippen LogP contribution in [0.15, 0.2) is 0 Å². The summed E-state index contributed by atoms with van der Waals surface area (Å²) in [5, 5.41) is 13.8. The van der Waals surface area contributed by atoms with E-state index in [1.54, 1.807) is 0 Å². The highest BCUT2D eigenvalue weighted by Gasteiger charge is 2.40. The van der Waals surface area contributed by atoms with Gasteiger partial charge in [0.15, 0.2) is 0 Å². The van der Waals surface area contributed by atoms with E-state index < -0.39 is 0 Å². The number of β-amino-alcohol motifs (C(OH)–C–C–N with tert-alkyl or cyclic N) is 1. The zero-order chi connectivity index (χ0) is 13.9. The molecule has 2 heterocycles. The molecule has 19 heavy (non-hydrogen) atoms. The van der Waals surface area contributed by atoms with Crippen molar-refractivity contribution in [2.45, 2.75) is 63.7 Å². The zero-order valence-corrected chi connectivity index (χ0v) is 13.4. The van der Waals surface area contributed by atoms with E-state index in [1.165, 1.54) is 11.5 Å². The van der Waals surface area contributed by atoms with Crippen LogP contribution in [0.1, 0.15) is 46.5 Å². The van der Waals surface area contributed by atoms with E-state index in [9.17, 15) is 5.11 Å². The Kier molecular flexibility index (Phi) is 5.21. The Morgan fingerprint density at radius 2 is 2.05 bits per heavy atom. The highest BCUT2D eigenvalue weighted by molar-refractivity contribution is 7.99. The molecule has 0 aromatic carbocycles. The van der Waals surface area contributed by atoms with Crippen LogP contribution in [0.4, 0.5) is 0 Å². The van der Waals surface area contributed by atoms with Crippen LogP contribution in [0.5, 0.6) is 0 Å². The van der Waals surface area contributed by atoms with Gasteiger partial charge in [-0.15, -0.1) is 0 Å². The maximum Gasteiger partial charge on any atom is 0.0701 e. The van der Waals surface area contributed by atoms with Crippen molar-refractivity contribution in [2.24, 2.45) is 5.92 Å². The third-order valence-electron chi connectivity index (χ3n) is 4.32. The molecule has 0 aromatic heterocycles. The molecule has 0 radical (unpaired) electrons. The van der Waals surface area contributed by atoms with Crippen molar-refractivity contribution in [1.29, 1.82) is 0 Å². The summed E-state index contributed by atoms with van der Waals surface area (Å²) in [5.74, 6) is 2.82. The van der Waals surface area contributed by atoms with Crippen molar-refractivity contribution < 1.29 is 9.84 Å². The third-order valence-corrected chi connectivity index (χ3v) is 5.31. The van der Waals surface area contributed by atoms with Gasteiger partial charge in [-0.1, -0.05) is 0 Å². The van der Waals surface area contributed by atoms with E-state index >= 15 is 0 Å². The Balaban J connectivity index is 1.86. The predicted molar refractivity (Wildman–Crippen MR) is 81.7 cm³/mol. The normalized spacial score (nSPS) is 29.4. The van der Waals surface area contributed by atoms with Crippen LogP contribution in [-0.4, -0.2) is 47.0 Å². The van der Waals surface area contributed by atoms with E-state index in [2.05, 4.69) is 26.1 Å². The Bertz CT molecular complexity index is 279. The molecule has 112 valence electrons. The van der Waals surface area contributed by atoms with Gasteiger partial charge in [-0.3, -0.25) is 0 Å². The maximum absolute atomic E-state index is 10.4. The standard InChI is InChI=1S/C15H29NO2S/c1-14(2,3)16-11-13(17)12-4-7-18-15(10-12)5-8-19-9-6-15/h12-13,16-17H,4-11H2,1-3H3. The van der Waals surface area contributed by atoms with Crippen LogP contribution in [-0.2, 0) is 4.74 Å². The minimum absolute atomic E-state index is 0.0747. The molecule has 2 fully saturated rings. The van der Waals surface area contributed by atoms with E-state index in [4.69, 9.17) is 4.74 Å². The van der Waals surface area contributed by atoms with Crippen molar-refractivity contribution in [3.8, 4) is 0 Å². The second kappa shape index (κ2) is 6.33. The monoisotopic (exact) mass is 287 g/mol. The Morgan fingerprint density at radius 1 is 1.37 bits per heavy atom. The molecular formula is C15H29NO2S.